The van der Waals surface area contributed by atoms with Gasteiger partial charge < -0.3 is 20.1 Å². The molecule has 2 aromatic carbocycles. The molecule has 2 aromatic rings. The number of amides is 1. The van der Waals surface area contributed by atoms with Crippen molar-refractivity contribution in [3.8, 4) is 5.75 Å². The predicted octanol–water partition coefficient (Wildman–Crippen LogP) is 3.65. The van der Waals surface area contributed by atoms with Crippen LogP contribution < -0.4 is 15.4 Å². The van der Waals surface area contributed by atoms with Crippen LogP contribution in [0.3, 0.4) is 0 Å². The Kier molecular flexibility index (Phi) is 5.64. The van der Waals surface area contributed by atoms with Crippen LogP contribution in [0.25, 0.3) is 0 Å². The minimum Gasteiger partial charge on any atom is -0.493 e. The summed E-state index contributed by atoms with van der Waals surface area (Å²) in [5, 5.41) is 6.34. The van der Waals surface area contributed by atoms with Gasteiger partial charge in [-0.15, -0.1) is 0 Å². The van der Waals surface area contributed by atoms with Gasteiger partial charge in [-0.25, -0.2) is 0 Å². The van der Waals surface area contributed by atoms with E-state index in [9.17, 15) is 4.79 Å². The second-order valence-corrected chi connectivity index (χ2v) is 8.08. The van der Waals surface area contributed by atoms with E-state index in [0.29, 0.717) is 5.56 Å². The lowest BCUT2D eigenvalue weighted by Crippen LogP contribution is -2.48. The van der Waals surface area contributed by atoms with Crippen LogP contribution in [0.2, 0.25) is 0 Å². The van der Waals surface area contributed by atoms with Crippen molar-refractivity contribution in [3.63, 3.8) is 0 Å². The highest BCUT2D eigenvalue weighted by atomic mass is 16.5. The van der Waals surface area contributed by atoms with Crippen LogP contribution in [0, 0.1) is 5.92 Å². The normalized spacial score (nSPS) is 21.9. The number of nitrogens with one attached hydrogen (secondary N) is 2. The minimum atomic E-state index is -0.174. The van der Waals surface area contributed by atoms with Crippen LogP contribution in [0.1, 0.15) is 35.7 Å². The first-order valence-corrected chi connectivity index (χ1v) is 10.1. The Balaban J connectivity index is 1.31. The molecule has 5 nitrogen and oxygen atoms in total. The fraction of sp³-hybridized carbons (Fsp3) is 0.435. The van der Waals surface area contributed by atoms with E-state index in [1.54, 1.807) is 12.1 Å². The molecule has 4 rings (SSSR count). The Morgan fingerprint density at radius 1 is 1.18 bits per heavy atom. The standard InChI is InChI=1S/C23H28N2O3/c1-23(16-24-12-13-28-23)14-17-4-8-20(9-5-17)25-22(26)19-6-10-21(11-7-19)27-15-18-2-3-18/h4-11,18,24H,2-3,12-16H2,1H3,(H,25,26)/t23-/m1/s1. The monoisotopic (exact) mass is 380 g/mol. The molecular weight excluding hydrogens is 352 g/mol. The smallest absolute Gasteiger partial charge is 0.255 e. The SMILES string of the molecule is C[C@@]1(Cc2ccc(NC(=O)c3ccc(OCC4CC4)cc3)cc2)CNCCO1. The summed E-state index contributed by atoms with van der Waals surface area (Å²) in [6.45, 7) is 5.42. The molecule has 1 heterocycles. The molecule has 28 heavy (non-hydrogen) atoms. The number of benzene rings is 2. The summed E-state index contributed by atoms with van der Waals surface area (Å²) in [5.41, 5.74) is 2.43. The number of hydrogen-bond acceptors (Lipinski definition) is 4. The third-order valence-corrected chi connectivity index (χ3v) is 5.32. The van der Waals surface area contributed by atoms with Crippen molar-refractivity contribution in [1.82, 2.24) is 5.32 Å². The molecule has 1 aliphatic carbocycles. The van der Waals surface area contributed by atoms with E-state index < -0.39 is 0 Å². The van der Waals surface area contributed by atoms with E-state index in [4.69, 9.17) is 9.47 Å². The molecule has 0 bridgehead atoms. The molecule has 2 fully saturated rings. The van der Waals surface area contributed by atoms with Crippen LogP contribution in [0.4, 0.5) is 5.69 Å². The van der Waals surface area contributed by atoms with Crippen LogP contribution in [0.5, 0.6) is 5.75 Å². The molecule has 0 aromatic heterocycles. The molecule has 1 amide bonds. The van der Waals surface area contributed by atoms with Crippen LogP contribution in [0.15, 0.2) is 48.5 Å². The quantitative estimate of drug-likeness (QED) is 0.770. The Bertz CT molecular complexity index is 792. The van der Waals surface area contributed by atoms with Gasteiger partial charge in [0.05, 0.1) is 18.8 Å². The van der Waals surface area contributed by atoms with Crippen molar-refractivity contribution in [2.75, 3.05) is 31.6 Å². The molecule has 0 unspecified atom stereocenters. The highest BCUT2D eigenvalue weighted by Gasteiger charge is 2.27. The van der Waals surface area contributed by atoms with Crippen molar-refractivity contribution < 1.29 is 14.3 Å². The molecule has 2 aliphatic rings. The van der Waals surface area contributed by atoms with Gasteiger partial charge in [-0.2, -0.15) is 0 Å². The van der Waals surface area contributed by atoms with Gasteiger partial charge in [-0.3, -0.25) is 4.79 Å². The van der Waals surface area contributed by atoms with E-state index in [1.165, 1.54) is 18.4 Å². The number of rotatable bonds is 7. The molecule has 2 N–H and O–H groups in total. The molecule has 0 radical (unpaired) electrons. The molecule has 148 valence electrons. The fourth-order valence-corrected chi connectivity index (χ4v) is 3.43. The van der Waals surface area contributed by atoms with Crippen LogP contribution in [-0.2, 0) is 11.2 Å². The van der Waals surface area contributed by atoms with E-state index in [0.717, 1.165) is 50.1 Å². The van der Waals surface area contributed by atoms with Crippen molar-refractivity contribution in [1.29, 1.82) is 0 Å². The number of carbonyl (C=O) groups is 1. The van der Waals surface area contributed by atoms with Gasteiger partial charge in [0.25, 0.3) is 5.91 Å². The van der Waals surface area contributed by atoms with E-state index in [1.807, 2.05) is 36.4 Å². The minimum absolute atomic E-state index is 0.117. The van der Waals surface area contributed by atoms with Crippen molar-refractivity contribution in [3.05, 3.63) is 59.7 Å². The lowest BCUT2D eigenvalue weighted by Gasteiger charge is -2.34. The van der Waals surface area contributed by atoms with Crippen molar-refractivity contribution in [2.45, 2.75) is 31.8 Å². The molecular formula is C23H28N2O3. The summed E-state index contributed by atoms with van der Waals surface area (Å²) >= 11 is 0. The predicted molar refractivity (Wildman–Crippen MR) is 110 cm³/mol. The second-order valence-electron chi connectivity index (χ2n) is 8.08. The highest BCUT2D eigenvalue weighted by molar-refractivity contribution is 6.04. The second kappa shape index (κ2) is 8.33. The average Bonchev–Trinajstić information content (AvgIpc) is 3.53. The maximum atomic E-state index is 12.5. The molecule has 1 aliphatic heterocycles. The summed E-state index contributed by atoms with van der Waals surface area (Å²) in [6.07, 6.45) is 3.38. The largest absolute Gasteiger partial charge is 0.493 e. The van der Waals surface area contributed by atoms with Gasteiger partial charge in [0.1, 0.15) is 5.75 Å². The number of ether oxygens (including phenoxy) is 2. The van der Waals surface area contributed by atoms with Crippen LogP contribution in [-0.4, -0.2) is 37.8 Å². The lowest BCUT2D eigenvalue weighted by atomic mass is 9.95. The van der Waals surface area contributed by atoms with Gasteiger partial charge in [0.15, 0.2) is 0 Å². The van der Waals surface area contributed by atoms with Gasteiger partial charge >= 0.3 is 0 Å². The van der Waals surface area contributed by atoms with Crippen LogP contribution >= 0.6 is 0 Å². The fourth-order valence-electron chi connectivity index (χ4n) is 3.43. The molecule has 5 heteroatoms. The third-order valence-electron chi connectivity index (χ3n) is 5.32. The van der Waals surface area contributed by atoms with Crippen molar-refractivity contribution >= 4 is 11.6 Å². The van der Waals surface area contributed by atoms with Gasteiger partial charge in [-0.05, 0) is 67.6 Å². The average molecular weight is 380 g/mol. The Morgan fingerprint density at radius 2 is 1.93 bits per heavy atom. The first-order chi connectivity index (χ1) is 13.6. The van der Waals surface area contributed by atoms with Gasteiger partial charge in [0, 0.05) is 30.8 Å². The van der Waals surface area contributed by atoms with E-state index in [-0.39, 0.29) is 11.5 Å². The number of hydrogen-bond donors (Lipinski definition) is 2. The topological polar surface area (TPSA) is 59.6 Å². The zero-order chi connectivity index (χ0) is 19.4. The van der Waals surface area contributed by atoms with Gasteiger partial charge in [-0.1, -0.05) is 12.1 Å². The molecule has 0 spiro atoms. The third kappa shape index (κ3) is 5.12. The van der Waals surface area contributed by atoms with E-state index in [2.05, 4.69) is 17.6 Å². The number of morpholine rings is 1. The summed E-state index contributed by atoms with van der Waals surface area (Å²) in [4.78, 5) is 12.5. The Hall–Kier alpha value is -2.37. The first-order valence-electron chi connectivity index (χ1n) is 10.1. The zero-order valence-corrected chi connectivity index (χ0v) is 16.4. The Morgan fingerprint density at radius 3 is 2.57 bits per heavy atom. The van der Waals surface area contributed by atoms with Gasteiger partial charge in [0.2, 0.25) is 0 Å². The molecule has 1 atom stereocenters. The lowest BCUT2D eigenvalue weighted by molar-refractivity contribution is -0.0516. The summed E-state index contributed by atoms with van der Waals surface area (Å²) in [5.74, 6) is 1.42. The maximum Gasteiger partial charge on any atom is 0.255 e. The van der Waals surface area contributed by atoms with E-state index >= 15 is 0 Å². The summed E-state index contributed by atoms with van der Waals surface area (Å²) in [6, 6.07) is 15.3. The first kappa shape index (κ1) is 19.0. The summed E-state index contributed by atoms with van der Waals surface area (Å²) in [7, 11) is 0. The van der Waals surface area contributed by atoms with Crippen molar-refractivity contribution in [2.24, 2.45) is 5.92 Å². The summed E-state index contributed by atoms with van der Waals surface area (Å²) < 4.78 is 11.6. The molecule has 1 saturated heterocycles. The Labute approximate surface area is 166 Å². The highest BCUT2D eigenvalue weighted by Crippen LogP contribution is 2.29. The number of carbonyl (C=O) groups excluding carboxylic acids is 1. The molecule has 1 saturated carbocycles. The zero-order valence-electron chi connectivity index (χ0n) is 16.4. The maximum absolute atomic E-state index is 12.5. The number of anilines is 1.